The Morgan fingerprint density at radius 2 is 2.00 bits per heavy atom. The van der Waals surface area contributed by atoms with Crippen molar-refractivity contribution in [3.63, 3.8) is 0 Å². The van der Waals surface area contributed by atoms with Crippen LogP contribution in [0.25, 0.3) is 0 Å². The van der Waals surface area contributed by atoms with E-state index in [0.29, 0.717) is 6.54 Å². The molecule has 1 rings (SSSR count). The van der Waals surface area contributed by atoms with Gasteiger partial charge in [-0.1, -0.05) is 12.1 Å². The number of carbonyl (C=O) groups excluding carboxylic acids is 1. The lowest BCUT2D eigenvalue weighted by molar-refractivity contribution is 0.238. The van der Waals surface area contributed by atoms with Gasteiger partial charge in [-0.05, 0) is 38.0 Å². The van der Waals surface area contributed by atoms with Crippen molar-refractivity contribution in [2.75, 3.05) is 6.54 Å². The van der Waals surface area contributed by atoms with Crippen LogP contribution in [0, 0.1) is 0 Å². The molecule has 0 aliphatic carbocycles. The molecule has 1 atom stereocenters. The van der Waals surface area contributed by atoms with Gasteiger partial charge in [-0.2, -0.15) is 0 Å². The first kappa shape index (κ1) is 12.4. The molecule has 0 spiro atoms. The van der Waals surface area contributed by atoms with Crippen LogP contribution in [0.15, 0.2) is 24.3 Å². The molecule has 2 amide bonds. The zero-order valence-corrected chi connectivity index (χ0v) is 9.66. The predicted octanol–water partition coefficient (Wildman–Crippen LogP) is 1.64. The van der Waals surface area contributed by atoms with E-state index in [-0.39, 0.29) is 17.8 Å². The van der Waals surface area contributed by atoms with Gasteiger partial charge >= 0.3 is 6.03 Å². The SMILES string of the molecule is CCNC(=O)N[C@@H](C)Cc1ccc(O)cc1. The average Bonchev–Trinajstić information content (AvgIpc) is 2.21. The molecule has 4 nitrogen and oxygen atoms in total. The number of benzene rings is 1. The van der Waals surface area contributed by atoms with Crippen LogP contribution < -0.4 is 10.6 Å². The minimum Gasteiger partial charge on any atom is -0.508 e. The lowest BCUT2D eigenvalue weighted by atomic mass is 10.1. The van der Waals surface area contributed by atoms with Crippen LogP contribution in [0.2, 0.25) is 0 Å². The normalized spacial score (nSPS) is 11.9. The number of carbonyl (C=O) groups is 1. The highest BCUT2D eigenvalue weighted by Gasteiger charge is 2.06. The molecule has 4 heteroatoms. The fraction of sp³-hybridized carbons (Fsp3) is 0.417. The van der Waals surface area contributed by atoms with Gasteiger partial charge in [0.25, 0.3) is 0 Å². The molecule has 0 aliphatic heterocycles. The third kappa shape index (κ3) is 4.21. The molecule has 3 N–H and O–H groups in total. The predicted molar refractivity (Wildman–Crippen MR) is 63.5 cm³/mol. The Kier molecular flexibility index (Phi) is 4.64. The van der Waals surface area contributed by atoms with Crippen molar-refractivity contribution in [2.24, 2.45) is 0 Å². The first-order chi connectivity index (χ1) is 7.61. The van der Waals surface area contributed by atoms with Crippen molar-refractivity contribution in [1.82, 2.24) is 10.6 Å². The zero-order valence-electron chi connectivity index (χ0n) is 9.66. The fourth-order valence-electron chi connectivity index (χ4n) is 1.47. The third-order valence-electron chi connectivity index (χ3n) is 2.19. The van der Waals surface area contributed by atoms with E-state index in [4.69, 9.17) is 5.11 Å². The maximum atomic E-state index is 11.2. The molecule has 16 heavy (non-hydrogen) atoms. The standard InChI is InChI=1S/C12H18N2O2/c1-3-13-12(16)14-9(2)8-10-4-6-11(15)7-5-10/h4-7,9,15H,3,8H2,1-2H3,(H2,13,14,16)/t9-/m0/s1. The summed E-state index contributed by atoms with van der Waals surface area (Å²) in [6.45, 7) is 4.45. The number of aromatic hydroxyl groups is 1. The number of hydrogen-bond donors (Lipinski definition) is 3. The molecular weight excluding hydrogens is 204 g/mol. The topological polar surface area (TPSA) is 61.4 Å². The summed E-state index contributed by atoms with van der Waals surface area (Å²) < 4.78 is 0. The van der Waals surface area contributed by atoms with Crippen LogP contribution >= 0.6 is 0 Å². The highest BCUT2D eigenvalue weighted by molar-refractivity contribution is 5.74. The summed E-state index contributed by atoms with van der Waals surface area (Å²) in [5.41, 5.74) is 1.09. The van der Waals surface area contributed by atoms with Gasteiger partial charge in [0.05, 0.1) is 0 Å². The van der Waals surface area contributed by atoms with Gasteiger partial charge in [0, 0.05) is 12.6 Å². The number of phenolic OH excluding ortho intramolecular Hbond substituents is 1. The summed E-state index contributed by atoms with van der Waals surface area (Å²) in [5, 5.41) is 14.6. The minimum absolute atomic E-state index is 0.0658. The Bertz CT molecular complexity index is 335. The van der Waals surface area contributed by atoms with Gasteiger partial charge in [0.2, 0.25) is 0 Å². The van der Waals surface area contributed by atoms with Gasteiger partial charge < -0.3 is 15.7 Å². The second-order valence-corrected chi connectivity index (χ2v) is 3.78. The molecule has 1 aromatic rings. The Morgan fingerprint density at radius 3 is 2.56 bits per heavy atom. The molecule has 0 bridgehead atoms. The second kappa shape index (κ2) is 6.00. The second-order valence-electron chi connectivity index (χ2n) is 3.78. The van der Waals surface area contributed by atoms with Crippen LogP contribution in [0.1, 0.15) is 19.4 Å². The van der Waals surface area contributed by atoms with E-state index in [1.165, 1.54) is 0 Å². The Morgan fingerprint density at radius 1 is 1.38 bits per heavy atom. The number of nitrogens with one attached hydrogen (secondary N) is 2. The molecule has 0 aromatic heterocycles. The van der Waals surface area contributed by atoms with Gasteiger partial charge in [-0.15, -0.1) is 0 Å². The van der Waals surface area contributed by atoms with Crippen molar-refractivity contribution in [3.8, 4) is 5.75 Å². The lowest BCUT2D eigenvalue weighted by Crippen LogP contribution is -2.41. The van der Waals surface area contributed by atoms with Gasteiger partial charge in [-0.25, -0.2) is 4.79 Å². The molecule has 1 aromatic carbocycles. The lowest BCUT2D eigenvalue weighted by Gasteiger charge is -2.14. The maximum absolute atomic E-state index is 11.2. The molecule has 0 saturated heterocycles. The van der Waals surface area contributed by atoms with Gasteiger partial charge in [0.15, 0.2) is 0 Å². The quantitative estimate of drug-likeness (QED) is 0.725. The van der Waals surface area contributed by atoms with E-state index in [1.807, 2.05) is 26.0 Å². The van der Waals surface area contributed by atoms with Crippen LogP contribution in [0.3, 0.4) is 0 Å². The van der Waals surface area contributed by atoms with Gasteiger partial charge in [-0.3, -0.25) is 0 Å². The molecule has 0 fully saturated rings. The van der Waals surface area contributed by atoms with Crippen molar-refractivity contribution in [2.45, 2.75) is 26.3 Å². The highest BCUT2D eigenvalue weighted by atomic mass is 16.3. The van der Waals surface area contributed by atoms with Crippen molar-refractivity contribution >= 4 is 6.03 Å². The van der Waals surface area contributed by atoms with E-state index >= 15 is 0 Å². The number of amides is 2. The number of rotatable bonds is 4. The van der Waals surface area contributed by atoms with Crippen molar-refractivity contribution < 1.29 is 9.90 Å². The minimum atomic E-state index is -0.145. The highest BCUT2D eigenvalue weighted by Crippen LogP contribution is 2.11. The Balaban J connectivity index is 2.42. The van der Waals surface area contributed by atoms with Crippen LogP contribution in [0.5, 0.6) is 5.75 Å². The summed E-state index contributed by atoms with van der Waals surface area (Å²) >= 11 is 0. The summed E-state index contributed by atoms with van der Waals surface area (Å²) in [4.78, 5) is 11.2. The summed E-state index contributed by atoms with van der Waals surface area (Å²) in [7, 11) is 0. The van der Waals surface area contributed by atoms with E-state index in [0.717, 1.165) is 12.0 Å². The van der Waals surface area contributed by atoms with E-state index in [2.05, 4.69) is 10.6 Å². The van der Waals surface area contributed by atoms with Crippen molar-refractivity contribution in [1.29, 1.82) is 0 Å². The Hall–Kier alpha value is -1.71. The van der Waals surface area contributed by atoms with Crippen LogP contribution in [-0.4, -0.2) is 23.7 Å². The van der Waals surface area contributed by atoms with E-state index in [1.54, 1.807) is 12.1 Å². The fourth-order valence-corrected chi connectivity index (χ4v) is 1.47. The largest absolute Gasteiger partial charge is 0.508 e. The average molecular weight is 222 g/mol. The summed E-state index contributed by atoms with van der Waals surface area (Å²) in [6.07, 6.45) is 0.747. The van der Waals surface area contributed by atoms with Crippen molar-refractivity contribution in [3.05, 3.63) is 29.8 Å². The monoisotopic (exact) mass is 222 g/mol. The first-order valence-electron chi connectivity index (χ1n) is 5.44. The molecule has 0 radical (unpaired) electrons. The number of phenols is 1. The number of urea groups is 1. The van der Waals surface area contributed by atoms with Crippen LogP contribution in [0.4, 0.5) is 4.79 Å². The van der Waals surface area contributed by atoms with E-state index in [9.17, 15) is 4.79 Å². The van der Waals surface area contributed by atoms with E-state index < -0.39 is 0 Å². The number of hydrogen-bond acceptors (Lipinski definition) is 2. The third-order valence-corrected chi connectivity index (χ3v) is 2.19. The summed E-state index contributed by atoms with van der Waals surface area (Å²) in [6, 6.07) is 6.92. The molecule has 0 unspecified atom stereocenters. The molecular formula is C12H18N2O2. The molecule has 0 saturated carbocycles. The van der Waals surface area contributed by atoms with Gasteiger partial charge in [0.1, 0.15) is 5.75 Å². The Labute approximate surface area is 95.7 Å². The summed E-state index contributed by atoms with van der Waals surface area (Å²) in [5.74, 6) is 0.257. The maximum Gasteiger partial charge on any atom is 0.314 e. The van der Waals surface area contributed by atoms with Crippen LogP contribution in [-0.2, 0) is 6.42 Å². The first-order valence-corrected chi connectivity index (χ1v) is 5.44. The molecule has 0 heterocycles. The molecule has 88 valence electrons. The smallest absolute Gasteiger partial charge is 0.314 e. The zero-order chi connectivity index (χ0) is 12.0. The molecule has 0 aliphatic rings.